The van der Waals surface area contributed by atoms with E-state index in [9.17, 15) is 13.2 Å². The fraction of sp³-hybridized carbons (Fsp3) is 0.286. The normalized spacial score (nSPS) is 11.9. The van der Waals surface area contributed by atoms with E-state index < -0.39 is 10.0 Å². The maximum absolute atomic E-state index is 13.3. The Bertz CT molecular complexity index is 1010. The van der Waals surface area contributed by atoms with Gasteiger partial charge in [-0.05, 0) is 55.6 Å². The zero-order valence-corrected chi connectivity index (χ0v) is 18.2. The Morgan fingerprint density at radius 2 is 1.90 bits per heavy atom. The van der Waals surface area contributed by atoms with Crippen molar-refractivity contribution in [1.29, 1.82) is 0 Å². The van der Waals surface area contributed by atoms with Crippen LogP contribution in [0.1, 0.15) is 34.8 Å². The minimum Gasteiger partial charge on any atom is -0.467 e. The smallest absolute Gasteiger partial charge is 0.254 e. The maximum atomic E-state index is 13.3. The first-order valence-corrected chi connectivity index (χ1v) is 11.5. The van der Waals surface area contributed by atoms with Crippen LogP contribution in [-0.2, 0) is 23.1 Å². The van der Waals surface area contributed by atoms with Crippen molar-refractivity contribution in [2.45, 2.75) is 37.9 Å². The average Bonchev–Trinajstić information content (AvgIpc) is 3.40. The van der Waals surface area contributed by atoms with Crippen LogP contribution in [0.25, 0.3) is 0 Å². The molecule has 0 bridgehead atoms. The second-order valence-electron chi connectivity index (χ2n) is 6.96. The van der Waals surface area contributed by atoms with Crippen LogP contribution in [0.15, 0.2) is 69.5 Å². The number of rotatable bonds is 8. The number of nitrogens with zero attached hydrogens (tertiary/aromatic N) is 2. The highest BCUT2D eigenvalue weighted by Gasteiger charge is 2.25. The summed E-state index contributed by atoms with van der Waals surface area (Å²) in [6.45, 7) is 4.32. The Labute approximate surface area is 175 Å². The number of carbonyl (C=O) groups excluding carboxylic acids is 1. The first kappa shape index (κ1) is 21.3. The monoisotopic (exact) mass is 432 g/mol. The van der Waals surface area contributed by atoms with Gasteiger partial charge in [0.25, 0.3) is 5.91 Å². The maximum Gasteiger partial charge on any atom is 0.254 e. The first-order chi connectivity index (χ1) is 13.8. The molecule has 0 saturated heterocycles. The van der Waals surface area contributed by atoms with E-state index in [1.54, 1.807) is 54.5 Å². The second-order valence-corrected chi connectivity index (χ2v) is 9.99. The van der Waals surface area contributed by atoms with E-state index >= 15 is 0 Å². The van der Waals surface area contributed by atoms with Crippen molar-refractivity contribution in [3.8, 4) is 0 Å². The molecule has 154 valence electrons. The second kappa shape index (κ2) is 8.94. The van der Waals surface area contributed by atoms with Gasteiger partial charge >= 0.3 is 0 Å². The molecule has 29 heavy (non-hydrogen) atoms. The molecule has 2 heterocycles. The zero-order chi connectivity index (χ0) is 21.0. The molecule has 1 amide bonds. The molecule has 0 N–H and O–H groups in total. The summed E-state index contributed by atoms with van der Waals surface area (Å²) in [5.74, 6) is 0.414. The third-order valence-electron chi connectivity index (χ3n) is 4.63. The third kappa shape index (κ3) is 4.95. The molecule has 0 aliphatic heterocycles. The summed E-state index contributed by atoms with van der Waals surface area (Å²) in [5.41, 5.74) is 0.325. The van der Waals surface area contributed by atoms with Crippen LogP contribution in [0.5, 0.6) is 0 Å². The van der Waals surface area contributed by atoms with Crippen LogP contribution in [-0.4, -0.2) is 36.6 Å². The predicted octanol–water partition coefficient (Wildman–Crippen LogP) is 4.21. The lowest BCUT2D eigenvalue weighted by Gasteiger charge is -2.23. The van der Waals surface area contributed by atoms with E-state index in [0.29, 0.717) is 24.4 Å². The molecule has 3 aromatic rings. The van der Waals surface area contributed by atoms with Gasteiger partial charge < -0.3 is 9.32 Å². The lowest BCUT2D eigenvalue weighted by Crippen LogP contribution is -2.33. The van der Waals surface area contributed by atoms with Gasteiger partial charge in [0.15, 0.2) is 0 Å². The molecule has 0 atom stereocenters. The highest BCUT2D eigenvalue weighted by atomic mass is 32.2. The fourth-order valence-electron chi connectivity index (χ4n) is 2.80. The lowest BCUT2D eigenvalue weighted by molar-refractivity contribution is 0.0719. The number of amides is 1. The van der Waals surface area contributed by atoms with Crippen LogP contribution in [0.2, 0.25) is 0 Å². The van der Waals surface area contributed by atoms with Crippen molar-refractivity contribution in [2.75, 3.05) is 7.05 Å². The number of carbonyl (C=O) groups is 1. The summed E-state index contributed by atoms with van der Waals surface area (Å²) in [4.78, 5) is 16.1. The quantitative estimate of drug-likeness (QED) is 0.535. The Kier molecular flexibility index (Phi) is 6.56. The van der Waals surface area contributed by atoms with Gasteiger partial charge in [0, 0.05) is 23.5 Å². The molecule has 0 saturated carbocycles. The van der Waals surface area contributed by atoms with Gasteiger partial charge in [-0.3, -0.25) is 4.79 Å². The number of benzene rings is 1. The average molecular weight is 433 g/mol. The SMILES string of the molecule is CC(C)N(C)S(=O)(=O)c1cccc(C(=O)N(Cc2ccco2)Cc2cccs2)c1. The summed E-state index contributed by atoms with van der Waals surface area (Å²) in [5, 5.41) is 1.96. The Balaban J connectivity index is 1.91. The summed E-state index contributed by atoms with van der Waals surface area (Å²) < 4.78 is 32.3. The zero-order valence-electron chi connectivity index (χ0n) is 16.6. The molecule has 1 aromatic carbocycles. The van der Waals surface area contributed by atoms with Gasteiger partial charge in [0.1, 0.15) is 5.76 Å². The van der Waals surface area contributed by atoms with Crippen LogP contribution >= 0.6 is 11.3 Å². The van der Waals surface area contributed by atoms with E-state index in [1.807, 2.05) is 23.6 Å². The van der Waals surface area contributed by atoms with Crippen LogP contribution in [0.4, 0.5) is 0 Å². The van der Waals surface area contributed by atoms with Crippen LogP contribution in [0, 0.1) is 0 Å². The number of thiophene rings is 1. The van der Waals surface area contributed by atoms with Crippen molar-refractivity contribution in [3.63, 3.8) is 0 Å². The number of sulfonamides is 1. The van der Waals surface area contributed by atoms with E-state index in [-0.39, 0.29) is 16.8 Å². The van der Waals surface area contributed by atoms with Crippen molar-refractivity contribution < 1.29 is 17.6 Å². The predicted molar refractivity (Wildman–Crippen MR) is 113 cm³/mol. The molecular formula is C21H24N2O4S2. The van der Waals surface area contributed by atoms with Gasteiger partial charge in [0.05, 0.1) is 24.2 Å². The highest BCUT2D eigenvalue weighted by Crippen LogP contribution is 2.21. The van der Waals surface area contributed by atoms with Gasteiger partial charge in [-0.25, -0.2) is 8.42 Å². The molecule has 0 spiro atoms. The van der Waals surface area contributed by atoms with Crippen molar-refractivity contribution in [3.05, 3.63) is 76.4 Å². The Morgan fingerprint density at radius 1 is 1.10 bits per heavy atom. The summed E-state index contributed by atoms with van der Waals surface area (Å²) >= 11 is 1.56. The molecule has 2 aromatic heterocycles. The van der Waals surface area contributed by atoms with Crippen LogP contribution < -0.4 is 0 Å². The molecule has 0 radical (unpaired) electrons. The minimum absolute atomic E-state index is 0.105. The number of furan rings is 1. The van der Waals surface area contributed by atoms with Gasteiger partial charge in [-0.1, -0.05) is 12.1 Å². The third-order valence-corrected chi connectivity index (χ3v) is 7.52. The van der Waals surface area contributed by atoms with Gasteiger partial charge in [-0.15, -0.1) is 11.3 Å². The standard InChI is InChI=1S/C21H24N2O4S2/c1-16(2)22(3)29(25,26)20-10-4-7-17(13-20)21(24)23(14-18-8-5-11-27-18)15-19-9-6-12-28-19/h4-13,16H,14-15H2,1-3H3. The first-order valence-electron chi connectivity index (χ1n) is 9.21. The molecular weight excluding hydrogens is 408 g/mol. The summed E-state index contributed by atoms with van der Waals surface area (Å²) in [7, 11) is -2.14. The molecule has 0 aliphatic carbocycles. The molecule has 0 unspecified atom stereocenters. The highest BCUT2D eigenvalue weighted by molar-refractivity contribution is 7.89. The molecule has 8 heteroatoms. The van der Waals surface area contributed by atoms with E-state index in [0.717, 1.165) is 4.88 Å². The summed E-state index contributed by atoms with van der Waals surface area (Å²) in [6.07, 6.45) is 1.57. The van der Waals surface area contributed by atoms with Crippen molar-refractivity contribution >= 4 is 27.3 Å². The summed E-state index contributed by atoms with van der Waals surface area (Å²) in [6, 6.07) is 13.5. The fourth-order valence-corrected chi connectivity index (χ4v) is 4.93. The Morgan fingerprint density at radius 3 is 2.52 bits per heavy atom. The van der Waals surface area contributed by atoms with E-state index in [4.69, 9.17) is 4.42 Å². The van der Waals surface area contributed by atoms with E-state index in [1.165, 1.54) is 23.5 Å². The minimum atomic E-state index is -3.67. The lowest BCUT2D eigenvalue weighted by atomic mass is 10.2. The van der Waals surface area contributed by atoms with Crippen LogP contribution in [0.3, 0.4) is 0 Å². The Hall–Kier alpha value is -2.42. The number of hydrogen-bond donors (Lipinski definition) is 0. The molecule has 3 rings (SSSR count). The topological polar surface area (TPSA) is 70.8 Å². The van der Waals surface area contributed by atoms with Crippen molar-refractivity contribution in [1.82, 2.24) is 9.21 Å². The van der Waals surface area contributed by atoms with Gasteiger partial charge in [-0.2, -0.15) is 4.31 Å². The van der Waals surface area contributed by atoms with E-state index in [2.05, 4.69) is 0 Å². The van der Waals surface area contributed by atoms with Gasteiger partial charge in [0.2, 0.25) is 10.0 Å². The molecule has 0 aliphatic rings. The number of hydrogen-bond acceptors (Lipinski definition) is 5. The molecule has 6 nitrogen and oxygen atoms in total. The molecule has 0 fully saturated rings. The largest absolute Gasteiger partial charge is 0.467 e. The van der Waals surface area contributed by atoms with Crippen molar-refractivity contribution in [2.24, 2.45) is 0 Å².